The van der Waals surface area contributed by atoms with Crippen LogP contribution in [0.25, 0.3) is 22.6 Å². The Kier molecular flexibility index (Phi) is 4.03. The standard InChI is InChI=1S/C18H15N5O4/c1-10(2)23-8-7-13(22-23)16-20-21-18(27-16)19-15(24)12-9-11-5-3-4-6-14(11)26-17(12)25/h3-10H,1-2H3,(H,19,21,24). The molecule has 27 heavy (non-hydrogen) atoms. The number of carbonyl (C=O) groups is 1. The van der Waals surface area contributed by atoms with Crippen molar-refractivity contribution in [2.24, 2.45) is 0 Å². The van der Waals surface area contributed by atoms with Crippen molar-refractivity contribution in [3.05, 3.63) is 58.6 Å². The van der Waals surface area contributed by atoms with Crippen LogP contribution in [0.15, 0.2) is 56.2 Å². The maximum absolute atomic E-state index is 12.4. The highest BCUT2D eigenvalue weighted by molar-refractivity contribution is 6.04. The molecule has 0 fully saturated rings. The normalized spacial score (nSPS) is 11.2. The van der Waals surface area contributed by atoms with E-state index in [-0.39, 0.29) is 23.5 Å². The van der Waals surface area contributed by atoms with E-state index < -0.39 is 11.5 Å². The highest BCUT2D eigenvalue weighted by atomic mass is 16.4. The Hall–Kier alpha value is -3.75. The summed E-state index contributed by atoms with van der Waals surface area (Å²) in [5.74, 6) is -0.535. The first kappa shape index (κ1) is 16.7. The number of amides is 1. The molecule has 4 aromatic rings. The number of rotatable bonds is 4. The quantitative estimate of drug-likeness (QED) is 0.553. The second-order valence-corrected chi connectivity index (χ2v) is 6.13. The van der Waals surface area contributed by atoms with Gasteiger partial charge in [-0.3, -0.25) is 14.8 Å². The van der Waals surface area contributed by atoms with Crippen molar-refractivity contribution in [3.8, 4) is 11.6 Å². The monoisotopic (exact) mass is 365 g/mol. The first-order chi connectivity index (χ1) is 13.0. The molecule has 9 nitrogen and oxygen atoms in total. The van der Waals surface area contributed by atoms with Crippen molar-refractivity contribution in [2.75, 3.05) is 5.32 Å². The molecule has 0 aliphatic rings. The highest BCUT2D eigenvalue weighted by Crippen LogP contribution is 2.19. The van der Waals surface area contributed by atoms with Crippen molar-refractivity contribution in [3.63, 3.8) is 0 Å². The van der Waals surface area contributed by atoms with E-state index in [1.165, 1.54) is 6.07 Å². The van der Waals surface area contributed by atoms with Crippen LogP contribution in [0.4, 0.5) is 6.01 Å². The number of para-hydroxylation sites is 1. The molecular formula is C18H15N5O4. The number of hydrogen-bond acceptors (Lipinski definition) is 7. The lowest BCUT2D eigenvalue weighted by Crippen LogP contribution is -2.20. The molecule has 3 heterocycles. The van der Waals surface area contributed by atoms with Crippen LogP contribution >= 0.6 is 0 Å². The fourth-order valence-corrected chi connectivity index (χ4v) is 2.50. The van der Waals surface area contributed by atoms with Crippen LogP contribution in [-0.4, -0.2) is 25.9 Å². The van der Waals surface area contributed by atoms with E-state index in [1.54, 1.807) is 41.2 Å². The summed E-state index contributed by atoms with van der Waals surface area (Å²) in [7, 11) is 0. The second-order valence-electron chi connectivity index (χ2n) is 6.13. The predicted molar refractivity (Wildman–Crippen MR) is 96.3 cm³/mol. The molecule has 0 saturated carbocycles. The van der Waals surface area contributed by atoms with Crippen molar-refractivity contribution in [1.29, 1.82) is 0 Å². The Morgan fingerprint density at radius 3 is 2.74 bits per heavy atom. The van der Waals surface area contributed by atoms with E-state index in [0.29, 0.717) is 16.7 Å². The largest absolute Gasteiger partial charge is 0.422 e. The van der Waals surface area contributed by atoms with Gasteiger partial charge in [0.15, 0.2) is 0 Å². The number of fused-ring (bicyclic) bond motifs is 1. The van der Waals surface area contributed by atoms with Gasteiger partial charge < -0.3 is 8.83 Å². The number of hydrogen-bond donors (Lipinski definition) is 1. The molecule has 0 aliphatic heterocycles. The summed E-state index contributed by atoms with van der Waals surface area (Å²) in [6, 6.07) is 10.2. The van der Waals surface area contributed by atoms with E-state index in [9.17, 15) is 9.59 Å². The molecular weight excluding hydrogens is 350 g/mol. The molecule has 0 atom stereocenters. The minimum absolute atomic E-state index is 0.137. The maximum Gasteiger partial charge on any atom is 0.349 e. The van der Waals surface area contributed by atoms with Crippen molar-refractivity contribution < 1.29 is 13.6 Å². The van der Waals surface area contributed by atoms with Crippen molar-refractivity contribution >= 4 is 22.9 Å². The number of nitrogens with one attached hydrogen (secondary N) is 1. The minimum Gasteiger partial charge on any atom is -0.422 e. The van der Waals surface area contributed by atoms with Gasteiger partial charge in [0.2, 0.25) is 0 Å². The molecule has 4 rings (SSSR count). The average Bonchev–Trinajstić information content (AvgIpc) is 3.30. The molecule has 0 aliphatic carbocycles. The smallest absolute Gasteiger partial charge is 0.349 e. The summed E-state index contributed by atoms with van der Waals surface area (Å²) >= 11 is 0. The van der Waals surface area contributed by atoms with E-state index >= 15 is 0 Å². The van der Waals surface area contributed by atoms with Crippen LogP contribution < -0.4 is 10.9 Å². The molecule has 1 aromatic carbocycles. The summed E-state index contributed by atoms with van der Waals surface area (Å²) in [6.45, 7) is 3.98. The third kappa shape index (κ3) is 3.22. The van der Waals surface area contributed by atoms with Gasteiger partial charge in [-0.2, -0.15) is 5.10 Å². The molecule has 0 saturated heterocycles. The molecule has 0 bridgehead atoms. The van der Waals surface area contributed by atoms with Gasteiger partial charge >= 0.3 is 11.6 Å². The van der Waals surface area contributed by atoms with Crippen LogP contribution in [0.5, 0.6) is 0 Å². The Labute approximate surface area is 152 Å². The lowest BCUT2D eigenvalue weighted by atomic mass is 10.2. The van der Waals surface area contributed by atoms with E-state index in [4.69, 9.17) is 8.83 Å². The third-order valence-electron chi connectivity index (χ3n) is 3.89. The molecule has 0 radical (unpaired) electrons. The average molecular weight is 365 g/mol. The topological polar surface area (TPSA) is 116 Å². The van der Waals surface area contributed by atoms with Gasteiger partial charge in [-0.1, -0.05) is 23.3 Å². The molecule has 136 valence electrons. The highest BCUT2D eigenvalue weighted by Gasteiger charge is 2.18. The lowest BCUT2D eigenvalue weighted by molar-refractivity contribution is 0.102. The fraction of sp³-hybridized carbons (Fsp3) is 0.167. The number of carbonyl (C=O) groups excluding carboxylic acids is 1. The maximum atomic E-state index is 12.4. The zero-order chi connectivity index (χ0) is 19.0. The molecule has 9 heteroatoms. The number of nitrogens with zero attached hydrogens (tertiary/aromatic N) is 4. The van der Waals surface area contributed by atoms with Gasteiger partial charge in [0.25, 0.3) is 11.8 Å². The van der Waals surface area contributed by atoms with Gasteiger partial charge in [-0.05, 0) is 32.0 Å². The SMILES string of the molecule is CC(C)n1ccc(-c2nnc(NC(=O)c3cc4ccccc4oc3=O)o2)n1. The minimum atomic E-state index is -0.749. The zero-order valence-electron chi connectivity index (χ0n) is 14.5. The van der Waals surface area contributed by atoms with Gasteiger partial charge in [0.05, 0.1) is 0 Å². The van der Waals surface area contributed by atoms with Crippen LogP contribution in [-0.2, 0) is 0 Å². The van der Waals surface area contributed by atoms with Gasteiger partial charge in [-0.15, -0.1) is 5.10 Å². The number of aromatic nitrogens is 4. The van der Waals surface area contributed by atoms with Crippen LogP contribution in [0.3, 0.4) is 0 Å². The molecule has 1 N–H and O–H groups in total. The fourth-order valence-electron chi connectivity index (χ4n) is 2.50. The summed E-state index contributed by atoms with van der Waals surface area (Å²) in [5.41, 5.74) is -0.0130. The first-order valence-electron chi connectivity index (χ1n) is 8.24. The molecule has 0 unspecified atom stereocenters. The molecule has 1 amide bonds. The second kappa shape index (κ2) is 6.52. The zero-order valence-corrected chi connectivity index (χ0v) is 14.5. The molecule has 3 aromatic heterocycles. The van der Waals surface area contributed by atoms with Crippen LogP contribution in [0, 0.1) is 0 Å². The third-order valence-corrected chi connectivity index (χ3v) is 3.89. The summed E-state index contributed by atoms with van der Waals surface area (Å²) < 4.78 is 12.3. The summed E-state index contributed by atoms with van der Waals surface area (Å²) in [4.78, 5) is 24.5. The van der Waals surface area contributed by atoms with Gasteiger partial charge in [-0.25, -0.2) is 4.79 Å². The Bertz CT molecular complexity index is 1190. The lowest BCUT2D eigenvalue weighted by Gasteiger charge is -2.02. The van der Waals surface area contributed by atoms with Gasteiger partial charge in [0, 0.05) is 17.6 Å². The summed E-state index contributed by atoms with van der Waals surface area (Å²) in [6.07, 6.45) is 1.79. The van der Waals surface area contributed by atoms with E-state index in [2.05, 4.69) is 20.6 Å². The van der Waals surface area contributed by atoms with Crippen molar-refractivity contribution in [1.82, 2.24) is 20.0 Å². The van der Waals surface area contributed by atoms with E-state index in [1.807, 2.05) is 13.8 Å². The predicted octanol–water partition coefficient (Wildman–Crippen LogP) is 2.87. The van der Waals surface area contributed by atoms with E-state index in [0.717, 1.165) is 0 Å². The first-order valence-corrected chi connectivity index (χ1v) is 8.24. The number of anilines is 1. The van der Waals surface area contributed by atoms with Gasteiger partial charge in [0.1, 0.15) is 16.8 Å². The Balaban J connectivity index is 1.57. The van der Waals surface area contributed by atoms with Crippen LogP contribution in [0.2, 0.25) is 0 Å². The summed E-state index contributed by atoms with van der Waals surface area (Å²) in [5, 5.41) is 15.0. The molecule has 0 spiro atoms. The van der Waals surface area contributed by atoms with Crippen LogP contribution in [0.1, 0.15) is 30.2 Å². The van der Waals surface area contributed by atoms with Crippen molar-refractivity contribution in [2.45, 2.75) is 19.9 Å². The Morgan fingerprint density at radius 1 is 1.15 bits per heavy atom. The number of benzene rings is 1. The Morgan fingerprint density at radius 2 is 1.96 bits per heavy atom.